The topological polar surface area (TPSA) is 96.5 Å². The maximum Gasteiger partial charge on any atom is 0.269 e. The molecule has 0 saturated carbocycles. The van der Waals surface area contributed by atoms with Gasteiger partial charge in [0, 0.05) is 11.3 Å². The van der Waals surface area contributed by atoms with Crippen LogP contribution in [0, 0.1) is 13.8 Å². The van der Waals surface area contributed by atoms with Gasteiger partial charge in [-0.1, -0.05) is 17.7 Å². The van der Waals surface area contributed by atoms with Gasteiger partial charge in [-0.05, 0) is 56.7 Å². The number of hydrazine groups is 1. The van der Waals surface area contributed by atoms with Crippen molar-refractivity contribution in [2.75, 3.05) is 23.4 Å². The van der Waals surface area contributed by atoms with Gasteiger partial charge >= 0.3 is 0 Å². The summed E-state index contributed by atoms with van der Waals surface area (Å²) in [7, 11) is 0. The van der Waals surface area contributed by atoms with Crippen LogP contribution in [0.2, 0.25) is 0 Å². The van der Waals surface area contributed by atoms with Gasteiger partial charge in [0.15, 0.2) is 0 Å². The summed E-state index contributed by atoms with van der Waals surface area (Å²) in [5.41, 5.74) is 7.95. The Morgan fingerprint density at radius 1 is 0.931 bits per heavy atom. The summed E-state index contributed by atoms with van der Waals surface area (Å²) in [6.45, 7) is 6.33. The number of benzene rings is 2. The minimum absolute atomic E-state index is 0.0455. The molecule has 2 rings (SSSR count). The number of hydrogen-bond donors (Lipinski definition) is 3. The van der Waals surface area contributed by atoms with Gasteiger partial charge in [-0.2, -0.15) is 0 Å². The maximum absolute atomic E-state index is 12.0. The number of aryl methyl sites for hydroxylation is 2. The average molecular weight is 416 g/mol. The minimum atomic E-state index is -0.431. The molecule has 3 amide bonds. The highest BCUT2D eigenvalue weighted by molar-refractivity contribution is 8.00. The summed E-state index contributed by atoms with van der Waals surface area (Å²) in [5.74, 6) is -0.165. The van der Waals surface area contributed by atoms with Gasteiger partial charge in [0.05, 0.1) is 18.1 Å². The van der Waals surface area contributed by atoms with Crippen molar-refractivity contribution in [3.05, 3.63) is 59.2 Å². The van der Waals surface area contributed by atoms with E-state index in [1.54, 1.807) is 24.3 Å². The number of carbonyl (C=O) groups excluding carboxylic acids is 3. The number of rotatable bonds is 8. The summed E-state index contributed by atoms with van der Waals surface area (Å²) >= 11 is 1.16. The van der Waals surface area contributed by atoms with Crippen LogP contribution in [0.3, 0.4) is 0 Å². The number of anilines is 1. The van der Waals surface area contributed by atoms with Crippen LogP contribution in [0.4, 0.5) is 5.69 Å². The molecule has 154 valence electrons. The van der Waals surface area contributed by atoms with Crippen LogP contribution in [0.5, 0.6) is 5.75 Å². The van der Waals surface area contributed by atoms with E-state index in [4.69, 9.17) is 4.74 Å². The van der Waals surface area contributed by atoms with Gasteiger partial charge < -0.3 is 10.1 Å². The summed E-state index contributed by atoms with van der Waals surface area (Å²) in [6.07, 6.45) is 0. The molecule has 0 aromatic heterocycles. The van der Waals surface area contributed by atoms with Crippen LogP contribution in [0.1, 0.15) is 28.4 Å². The monoisotopic (exact) mass is 415 g/mol. The molecule has 2 aromatic rings. The molecule has 2 aromatic carbocycles. The van der Waals surface area contributed by atoms with Crippen LogP contribution >= 0.6 is 11.8 Å². The molecule has 0 radical (unpaired) electrons. The zero-order valence-corrected chi connectivity index (χ0v) is 17.5. The predicted octanol–water partition coefficient (Wildman–Crippen LogP) is 2.84. The molecule has 29 heavy (non-hydrogen) atoms. The molecular weight excluding hydrogens is 390 g/mol. The van der Waals surface area contributed by atoms with Crippen molar-refractivity contribution in [2.24, 2.45) is 0 Å². The third kappa shape index (κ3) is 7.50. The molecular formula is C21H25N3O4S. The molecule has 0 aliphatic carbocycles. The SMILES string of the molecule is CCOc1ccc(C(=O)NNC(=O)CSCC(=O)Nc2ccc(C)cc2C)cc1. The molecule has 0 fully saturated rings. The Bertz CT molecular complexity index is 869. The first-order valence-electron chi connectivity index (χ1n) is 9.16. The molecule has 0 bridgehead atoms. The lowest BCUT2D eigenvalue weighted by molar-refractivity contribution is -0.119. The van der Waals surface area contributed by atoms with Gasteiger partial charge in [-0.15, -0.1) is 11.8 Å². The van der Waals surface area contributed by atoms with Crippen molar-refractivity contribution in [2.45, 2.75) is 20.8 Å². The molecule has 0 heterocycles. The first kappa shape index (κ1) is 22.3. The van der Waals surface area contributed by atoms with E-state index >= 15 is 0 Å². The van der Waals surface area contributed by atoms with E-state index in [1.165, 1.54) is 0 Å². The van der Waals surface area contributed by atoms with Crippen LogP contribution in [0.15, 0.2) is 42.5 Å². The number of hydrogen-bond acceptors (Lipinski definition) is 5. The average Bonchev–Trinajstić information content (AvgIpc) is 2.69. The molecule has 0 atom stereocenters. The molecule has 0 saturated heterocycles. The summed E-state index contributed by atoms with van der Waals surface area (Å²) in [6, 6.07) is 12.4. The molecule has 0 unspecified atom stereocenters. The van der Waals surface area contributed by atoms with Crippen molar-refractivity contribution in [3.63, 3.8) is 0 Å². The molecule has 7 nitrogen and oxygen atoms in total. The second kappa shape index (κ2) is 11.1. The lowest BCUT2D eigenvalue weighted by Gasteiger charge is -2.10. The minimum Gasteiger partial charge on any atom is -0.494 e. The van der Waals surface area contributed by atoms with E-state index in [9.17, 15) is 14.4 Å². The normalized spacial score (nSPS) is 10.2. The fourth-order valence-corrected chi connectivity index (χ4v) is 3.10. The number of nitrogens with one attached hydrogen (secondary N) is 3. The molecule has 3 N–H and O–H groups in total. The van der Waals surface area contributed by atoms with Crippen molar-refractivity contribution in [1.29, 1.82) is 0 Å². The number of thioether (sulfide) groups is 1. The van der Waals surface area contributed by atoms with Gasteiger partial charge in [-0.25, -0.2) is 0 Å². The first-order valence-corrected chi connectivity index (χ1v) is 10.3. The third-order valence-corrected chi connectivity index (χ3v) is 4.80. The van der Waals surface area contributed by atoms with E-state index in [1.807, 2.05) is 39.0 Å². The highest BCUT2D eigenvalue weighted by atomic mass is 32.2. The fourth-order valence-electron chi connectivity index (χ4n) is 2.48. The van der Waals surface area contributed by atoms with Gasteiger partial charge in [0.2, 0.25) is 11.8 Å². The summed E-state index contributed by atoms with van der Waals surface area (Å²) in [5, 5.41) is 2.82. The van der Waals surface area contributed by atoms with E-state index in [0.29, 0.717) is 17.9 Å². The molecule has 0 spiro atoms. The number of amides is 3. The maximum atomic E-state index is 12.0. The zero-order chi connectivity index (χ0) is 21.2. The number of carbonyl (C=O) groups is 3. The summed E-state index contributed by atoms with van der Waals surface area (Å²) in [4.78, 5) is 35.9. The second-order valence-corrected chi connectivity index (χ2v) is 7.30. The Morgan fingerprint density at radius 3 is 2.28 bits per heavy atom. The van der Waals surface area contributed by atoms with Crippen molar-refractivity contribution in [3.8, 4) is 5.75 Å². The molecule has 8 heteroatoms. The lowest BCUT2D eigenvalue weighted by atomic mass is 10.1. The van der Waals surface area contributed by atoms with E-state index in [2.05, 4.69) is 16.2 Å². The second-order valence-electron chi connectivity index (χ2n) is 6.32. The lowest BCUT2D eigenvalue weighted by Crippen LogP contribution is -2.42. The largest absolute Gasteiger partial charge is 0.494 e. The first-order chi connectivity index (χ1) is 13.9. The Balaban J connectivity index is 1.68. The molecule has 0 aliphatic heterocycles. The number of ether oxygens (including phenoxy) is 1. The van der Waals surface area contributed by atoms with E-state index in [-0.39, 0.29) is 17.4 Å². The highest BCUT2D eigenvalue weighted by Gasteiger charge is 2.10. The smallest absolute Gasteiger partial charge is 0.269 e. The van der Waals surface area contributed by atoms with Crippen LogP contribution < -0.4 is 20.9 Å². The highest BCUT2D eigenvalue weighted by Crippen LogP contribution is 2.16. The Hall–Kier alpha value is -3.00. The zero-order valence-electron chi connectivity index (χ0n) is 16.7. The third-order valence-electron chi connectivity index (χ3n) is 3.87. The molecule has 0 aliphatic rings. The standard InChI is InChI=1S/C21H25N3O4S/c1-4-28-17-8-6-16(7-9-17)21(27)24-23-20(26)13-29-12-19(25)22-18-10-5-14(2)11-15(18)3/h5-11H,4,12-13H2,1-3H3,(H,22,25)(H,23,26)(H,24,27). The van der Waals surface area contributed by atoms with Crippen molar-refractivity contribution >= 4 is 35.2 Å². The summed E-state index contributed by atoms with van der Waals surface area (Å²) < 4.78 is 5.31. The van der Waals surface area contributed by atoms with Crippen molar-refractivity contribution < 1.29 is 19.1 Å². The van der Waals surface area contributed by atoms with Crippen LogP contribution in [-0.4, -0.2) is 35.8 Å². The Morgan fingerprint density at radius 2 is 1.62 bits per heavy atom. The Kier molecular flexibility index (Phi) is 8.54. The van der Waals surface area contributed by atoms with Crippen LogP contribution in [-0.2, 0) is 9.59 Å². The van der Waals surface area contributed by atoms with E-state index < -0.39 is 11.8 Å². The Labute approximate surface area is 174 Å². The van der Waals surface area contributed by atoms with Gasteiger partial charge in [0.25, 0.3) is 5.91 Å². The predicted molar refractivity (Wildman–Crippen MR) is 115 cm³/mol. The fraction of sp³-hybridized carbons (Fsp3) is 0.286. The van der Waals surface area contributed by atoms with Gasteiger partial charge in [-0.3, -0.25) is 25.2 Å². The van der Waals surface area contributed by atoms with Crippen LogP contribution in [0.25, 0.3) is 0 Å². The van der Waals surface area contributed by atoms with E-state index in [0.717, 1.165) is 28.6 Å². The van der Waals surface area contributed by atoms with Gasteiger partial charge in [0.1, 0.15) is 5.75 Å². The van der Waals surface area contributed by atoms with Crippen molar-refractivity contribution in [1.82, 2.24) is 10.9 Å². The quantitative estimate of drug-likeness (QED) is 0.576.